The zero-order valence-corrected chi connectivity index (χ0v) is 8.31. The number of hydrogen-bond acceptors (Lipinski definition) is 3. The van der Waals surface area contributed by atoms with Gasteiger partial charge in [0, 0.05) is 14.7 Å². The third-order valence-corrected chi connectivity index (χ3v) is 2.65. The van der Waals surface area contributed by atoms with E-state index in [1.807, 2.05) is 0 Å². The van der Waals surface area contributed by atoms with Gasteiger partial charge in [0.1, 0.15) is 0 Å². The molecule has 0 aliphatic heterocycles. The first kappa shape index (κ1) is 8.65. The predicted octanol–water partition coefficient (Wildman–Crippen LogP) is 3.21. The second-order valence-electron chi connectivity index (χ2n) is 1.80. The van der Waals surface area contributed by atoms with Gasteiger partial charge < -0.3 is 0 Å². The molecular formula is C6H5ClS3. The lowest BCUT2D eigenvalue weighted by atomic mass is 10.3. The maximum atomic E-state index is 5.76. The van der Waals surface area contributed by atoms with E-state index in [2.05, 4.69) is 37.9 Å². The predicted molar refractivity (Wildman–Crippen MR) is 53.2 cm³/mol. The van der Waals surface area contributed by atoms with Crippen LogP contribution in [-0.2, 0) is 0 Å². The van der Waals surface area contributed by atoms with Gasteiger partial charge in [0.25, 0.3) is 0 Å². The van der Waals surface area contributed by atoms with Crippen molar-refractivity contribution in [3.63, 3.8) is 0 Å². The molecule has 0 saturated carbocycles. The second kappa shape index (κ2) is 3.30. The Labute approximate surface area is 81.2 Å². The monoisotopic (exact) mass is 208 g/mol. The smallest absolute Gasteiger partial charge is 0.0673 e. The van der Waals surface area contributed by atoms with E-state index in [1.54, 1.807) is 12.1 Å². The third-order valence-electron chi connectivity index (χ3n) is 1.02. The summed E-state index contributed by atoms with van der Waals surface area (Å²) in [6.07, 6.45) is 0. The fourth-order valence-electron chi connectivity index (χ4n) is 0.580. The van der Waals surface area contributed by atoms with Gasteiger partial charge >= 0.3 is 0 Å². The van der Waals surface area contributed by atoms with Crippen molar-refractivity contribution in [3.05, 3.63) is 17.2 Å². The summed E-state index contributed by atoms with van der Waals surface area (Å²) in [4.78, 5) is 2.23. The molecule has 1 aromatic carbocycles. The van der Waals surface area contributed by atoms with Crippen LogP contribution < -0.4 is 0 Å². The maximum Gasteiger partial charge on any atom is 0.0673 e. The number of hydrogen-bond donors (Lipinski definition) is 3. The molecule has 4 heteroatoms. The molecule has 54 valence electrons. The van der Waals surface area contributed by atoms with Gasteiger partial charge in [-0.3, -0.25) is 0 Å². The molecular weight excluding hydrogens is 204 g/mol. The molecule has 10 heavy (non-hydrogen) atoms. The van der Waals surface area contributed by atoms with Crippen LogP contribution in [0, 0.1) is 0 Å². The lowest BCUT2D eigenvalue weighted by Gasteiger charge is -2.00. The summed E-state index contributed by atoms with van der Waals surface area (Å²) >= 11 is 18.1. The molecule has 0 aliphatic rings. The minimum Gasteiger partial charge on any atom is -0.143 e. The van der Waals surface area contributed by atoms with Crippen molar-refractivity contribution < 1.29 is 0 Å². The maximum absolute atomic E-state index is 5.76. The largest absolute Gasteiger partial charge is 0.143 e. The standard InChI is InChI=1S/C6H5ClS3/c7-6-4(9)1-3(8)2-5(6)10/h1-2,8-10H. The van der Waals surface area contributed by atoms with Crippen LogP contribution >= 0.6 is 49.5 Å². The molecule has 0 spiro atoms. The first-order chi connectivity index (χ1) is 4.61. The van der Waals surface area contributed by atoms with Gasteiger partial charge in [-0.2, -0.15) is 0 Å². The average Bonchev–Trinajstić information content (AvgIpc) is 1.82. The SMILES string of the molecule is Sc1cc(S)c(Cl)c(S)c1. The van der Waals surface area contributed by atoms with Crippen molar-refractivity contribution in [3.8, 4) is 0 Å². The normalized spacial score (nSPS) is 10.0. The van der Waals surface area contributed by atoms with Crippen LogP contribution in [0.15, 0.2) is 26.8 Å². The van der Waals surface area contributed by atoms with E-state index in [-0.39, 0.29) is 0 Å². The second-order valence-corrected chi connectivity index (χ2v) is 3.66. The number of halogens is 1. The molecule has 0 aromatic heterocycles. The van der Waals surface area contributed by atoms with Crippen molar-refractivity contribution in [2.75, 3.05) is 0 Å². The van der Waals surface area contributed by atoms with Crippen LogP contribution in [-0.4, -0.2) is 0 Å². The highest BCUT2D eigenvalue weighted by Crippen LogP contribution is 2.29. The Hall–Kier alpha value is 0.560. The van der Waals surface area contributed by atoms with E-state index in [0.717, 1.165) is 4.90 Å². The van der Waals surface area contributed by atoms with Crippen molar-refractivity contribution in [1.29, 1.82) is 0 Å². The Bertz CT molecular complexity index is 236. The van der Waals surface area contributed by atoms with Crippen LogP contribution in [0.4, 0.5) is 0 Å². The molecule has 0 heterocycles. The van der Waals surface area contributed by atoms with Crippen LogP contribution in [0.1, 0.15) is 0 Å². The zero-order valence-electron chi connectivity index (χ0n) is 4.87. The lowest BCUT2D eigenvalue weighted by Crippen LogP contribution is -1.74. The fourth-order valence-corrected chi connectivity index (χ4v) is 1.76. The van der Waals surface area contributed by atoms with E-state index in [9.17, 15) is 0 Å². The first-order valence-electron chi connectivity index (χ1n) is 2.51. The van der Waals surface area contributed by atoms with Crippen LogP contribution in [0.2, 0.25) is 5.02 Å². The Kier molecular flexibility index (Phi) is 2.86. The van der Waals surface area contributed by atoms with E-state index in [0.29, 0.717) is 14.8 Å². The molecule has 1 rings (SSSR count). The molecule has 0 fully saturated rings. The molecule has 0 radical (unpaired) electrons. The highest BCUT2D eigenvalue weighted by Gasteiger charge is 2.00. The number of benzene rings is 1. The van der Waals surface area contributed by atoms with Crippen molar-refractivity contribution in [1.82, 2.24) is 0 Å². The highest BCUT2D eigenvalue weighted by molar-refractivity contribution is 7.82. The minimum absolute atomic E-state index is 0.574. The summed E-state index contributed by atoms with van der Waals surface area (Å²) in [5.41, 5.74) is 0. The van der Waals surface area contributed by atoms with Gasteiger partial charge in [-0.05, 0) is 12.1 Å². The zero-order chi connectivity index (χ0) is 7.72. The summed E-state index contributed by atoms with van der Waals surface area (Å²) in [7, 11) is 0. The molecule has 0 amide bonds. The molecule has 0 nitrogen and oxygen atoms in total. The fraction of sp³-hybridized carbons (Fsp3) is 0. The number of thiol groups is 3. The average molecular weight is 209 g/mol. The molecule has 0 aliphatic carbocycles. The van der Waals surface area contributed by atoms with Gasteiger partial charge in [0.2, 0.25) is 0 Å². The van der Waals surface area contributed by atoms with E-state index in [4.69, 9.17) is 11.6 Å². The Morgan fingerprint density at radius 3 is 1.80 bits per heavy atom. The topological polar surface area (TPSA) is 0 Å². The van der Waals surface area contributed by atoms with Crippen molar-refractivity contribution in [2.24, 2.45) is 0 Å². The first-order valence-corrected chi connectivity index (χ1v) is 4.23. The number of rotatable bonds is 0. The van der Waals surface area contributed by atoms with Gasteiger partial charge in [0.15, 0.2) is 0 Å². The van der Waals surface area contributed by atoms with Crippen molar-refractivity contribution in [2.45, 2.75) is 14.7 Å². The quantitative estimate of drug-likeness (QED) is 0.536. The van der Waals surface area contributed by atoms with Gasteiger partial charge in [-0.15, -0.1) is 37.9 Å². The van der Waals surface area contributed by atoms with E-state index < -0.39 is 0 Å². The summed E-state index contributed by atoms with van der Waals surface area (Å²) in [5.74, 6) is 0. The molecule has 0 bridgehead atoms. The van der Waals surface area contributed by atoms with E-state index >= 15 is 0 Å². The van der Waals surface area contributed by atoms with Crippen LogP contribution in [0.5, 0.6) is 0 Å². The molecule has 1 aromatic rings. The Morgan fingerprint density at radius 1 is 1.00 bits per heavy atom. The van der Waals surface area contributed by atoms with Crippen LogP contribution in [0.3, 0.4) is 0 Å². The van der Waals surface area contributed by atoms with Gasteiger partial charge in [-0.1, -0.05) is 11.6 Å². The summed E-state index contributed by atoms with van der Waals surface area (Å²) in [6, 6.07) is 3.54. The summed E-state index contributed by atoms with van der Waals surface area (Å²) < 4.78 is 0. The molecule has 0 N–H and O–H groups in total. The van der Waals surface area contributed by atoms with E-state index in [1.165, 1.54) is 0 Å². The minimum atomic E-state index is 0.574. The molecule has 0 unspecified atom stereocenters. The molecule has 0 atom stereocenters. The lowest BCUT2D eigenvalue weighted by molar-refractivity contribution is 1.25. The summed E-state index contributed by atoms with van der Waals surface area (Å²) in [6.45, 7) is 0. The van der Waals surface area contributed by atoms with Crippen LogP contribution in [0.25, 0.3) is 0 Å². The molecule has 0 saturated heterocycles. The Morgan fingerprint density at radius 2 is 1.40 bits per heavy atom. The highest BCUT2D eigenvalue weighted by atomic mass is 35.5. The van der Waals surface area contributed by atoms with Crippen molar-refractivity contribution >= 4 is 49.5 Å². The summed E-state index contributed by atoms with van der Waals surface area (Å²) in [5, 5.41) is 0.574. The Balaban J connectivity index is 3.31. The van der Waals surface area contributed by atoms with Gasteiger partial charge in [-0.25, -0.2) is 0 Å². The van der Waals surface area contributed by atoms with Gasteiger partial charge in [0.05, 0.1) is 5.02 Å². The third kappa shape index (κ3) is 1.78.